The summed E-state index contributed by atoms with van der Waals surface area (Å²) in [4.78, 5) is 44.7. The minimum Gasteiger partial charge on any atom is -0.369 e. The van der Waals surface area contributed by atoms with Crippen LogP contribution in [0.2, 0.25) is 0 Å². The summed E-state index contributed by atoms with van der Waals surface area (Å²) < 4.78 is 0. The summed E-state index contributed by atoms with van der Waals surface area (Å²) in [5.41, 5.74) is 8.61. The van der Waals surface area contributed by atoms with Crippen LogP contribution in [0.5, 0.6) is 0 Å². The van der Waals surface area contributed by atoms with Gasteiger partial charge in [-0.3, -0.25) is 14.4 Å². The third kappa shape index (κ3) is 7.04. The van der Waals surface area contributed by atoms with E-state index < -0.39 is 23.8 Å². The molecule has 1 heterocycles. The Hall–Kier alpha value is -3.35. The Labute approximate surface area is 239 Å². The molecule has 0 saturated heterocycles. The average Bonchev–Trinajstić information content (AvgIpc) is 3.02. The molecule has 7 nitrogen and oxygen atoms in total. The number of amides is 3. The lowest BCUT2D eigenvalue weighted by molar-refractivity contribution is -0.136. The number of nitrogens with zero attached hydrogens (tertiary/aromatic N) is 2. The zero-order valence-electron chi connectivity index (χ0n) is 24.4. The van der Waals surface area contributed by atoms with Crippen LogP contribution < -0.4 is 20.9 Å². The van der Waals surface area contributed by atoms with Crippen molar-refractivity contribution in [2.45, 2.75) is 78.2 Å². The first kappa shape index (κ1) is 29.6. The molecule has 0 aromatic heterocycles. The third-order valence-electron chi connectivity index (χ3n) is 8.54. The Morgan fingerprint density at radius 2 is 1.68 bits per heavy atom. The monoisotopic (exact) mass is 546 g/mol. The summed E-state index contributed by atoms with van der Waals surface area (Å²) in [6.45, 7) is 7.07. The van der Waals surface area contributed by atoms with E-state index in [9.17, 15) is 14.4 Å². The largest absolute Gasteiger partial charge is 0.369 e. The molecule has 0 spiro atoms. The van der Waals surface area contributed by atoms with Gasteiger partial charge < -0.3 is 20.9 Å². The molecule has 1 saturated carbocycles. The lowest BCUT2D eigenvalue weighted by Gasteiger charge is -2.31. The van der Waals surface area contributed by atoms with Crippen LogP contribution in [-0.2, 0) is 14.4 Å². The van der Waals surface area contributed by atoms with Crippen molar-refractivity contribution >= 4 is 34.8 Å². The fourth-order valence-corrected chi connectivity index (χ4v) is 6.08. The number of carbonyl (C=O) groups is 3. The highest BCUT2D eigenvalue weighted by atomic mass is 16.2. The van der Waals surface area contributed by atoms with E-state index >= 15 is 0 Å². The van der Waals surface area contributed by atoms with Gasteiger partial charge in [0.15, 0.2) is 0 Å². The molecule has 3 atom stereocenters. The number of para-hydroxylation sites is 3. The predicted octanol–water partition coefficient (Wildman–Crippen LogP) is 5.80. The van der Waals surface area contributed by atoms with Crippen molar-refractivity contribution < 1.29 is 14.4 Å². The summed E-state index contributed by atoms with van der Waals surface area (Å²) in [7, 11) is 0. The topological polar surface area (TPSA) is 95.7 Å². The van der Waals surface area contributed by atoms with Crippen LogP contribution in [0, 0.1) is 23.7 Å². The minimum absolute atomic E-state index is 0.106. The summed E-state index contributed by atoms with van der Waals surface area (Å²) in [5.74, 6) is -1.09. The molecule has 40 heavy (non-hydrogen) atoms. The van der Waals surface area contributed by atoms with Crippen molar-refractivity contribution in [1.82, 2.24) is 5.32 Å². The van der Waals surface area contributed by atoms with Gasteiger partial charge in [-0.2, -0.15) is 0 Å². The Kier molecular flexibility index (Phi) is 10.2. The molecule has 1 aliphatic heterocycles. The summed E-state index contributed by atoms with van der Waals surface area (Å²) >= 11 is 0. The van der Waals surface area contributed by atoms with E-state index in [1.165, 1.54) is 19.3 Å². The molecule has 3 unspecified atom stereocenters. The summed E-state index contributed by atoms with van der Waals surface area (Å²) in [5, 5.41) is 3.13. The molecular weight excluding hydrogens is 500 g/mol. The molecule has 7 heteroatoms. The maximum absolute atomic E-state index is 14.3. The zero-order chi connectivity index (χ0) is 28.6. The number of primary amides is 1. The van der Waals surface area contributed by atoms with E-state index in [2.05, 4.69) is 17.1 Å². The summed E-state index contributed by atoms with van der Waals surface area (Å²) in [6, 6.07) is 17.2. The van der Waals surface area contributed by atoms with Gasteiger partial charge in [0.25, 0.3) is 5.91 Å². The molecule has 2 aromatic rings. The molecular formula is C33H46N4O3. The van der Waals surface area contributed by atoms with Crippen LogP contribution in [0.25, 0.3) is 0 Å². The Balaban J connectivity index is 1.68. The Morgan fingerprint density at radius 3 is 2.27 bits per heavy atom. The van der Waals surface area contributed by atoms with Crippen molar-refractivity contribution in [3.63, 3.8) is 0 Å². The van der Waals surface area contributed by atoms with Gasteiger partial charge in [-0.25, -0.2) is 0 Å². The first-order chi connectivity index (χ1) is 19.3. The van der Waals surface area contributed by atoms with Crippen LogP contribution in [0.1, 0.15) is 72.1 Å². The first-order valence-corrected chi connectivity index (χ1v) is 15.1. The van der Waals surface area contributed by atoms with Crippen LogP contribution in [0.3, 0.4) is 0 Å². The third-order valence-corrected chi connectivity index (χ3v) is 8.54. The molecule has 4 rings (SSSR count). The number of anilines is 3. The molecule has 0 radical (unpaired) electrons. The zero-order valence-corrected chi connectivity index (χ0v) is 24.4. The highest BCUT2D eigenvalue weighted by molar-refractivity contribution is 6.04. The Bertz CT molecular complexity index is 1150. The number of fused-ring (bicyclic) bond motifs is 1. The number of unbranched alkanes of at least 4 members (excludes halogenated alkanes) is 1. The number of benzene rings is 2. The lowest BCUT2D eigenvalue weighted by atomic mass is 9.81. The van der Waals surface area contributed by atoms with E-state index in [0.717, 1.165) is 36.3 Å². The lowest BCUT2D eigenvalue weighted by Crippen LogP contribution is -2.54. The van der Waals surface area contributed by atoms with Crippen molar-refractivity contribution in [1.29, 1.82) is 0 Å². The van der Waals surface area contributed by atoms with Gasteiger partial charge in [-0.15, -0.1) is 0 Å². The normalized spacial score (nSPS) is 19.0. The maximum Gasteiger partial charge on any atom is 0.251 e. The number of nitrogens with two attached hydrogens (primary N) is 1. The number of hydrogen-bond donors (Lipinski definition) is 2. The van der Waals surface area contributed by atoms with Gasteiger partial charge in [-0.1, -0.05) is 83.2 Å². The SMILES string of the molecule is CCCCC(C(N)=O)C(CC(C)C)C(=O)NC1CN(c2ccccc2)c2ccccc2N(CCC2CCC2)C1=O. The van der Waals surface area contributed by atoms with Crippen LogP contribution in [0.15, 0.2) is 54.6 Å². The standard InChI is InChI=1S/C33H46N4O3/c1-4-5-16-26(31(34)38)27(21-23(2)3)32(39)35-28-22-37(25-14-7-6-8-15-25)30-18-10-9-17-29(30)36(33(28)40)20-19-24-12-11-13-24/h6-10,14-15,17-18,23-24,26-28H,4-5,11-13,16,19-22H2,1-3H3,(H2,34,38)(H,35,39). The second kappa shape index (κ2) is 13.8. The fraction of sp³-hybridized carbons (Fsp3) is 0.545. The average molecular weight is 547 g/mol. The number of rotatable bonds is 13. The van der Waals surface area contributed by atoms with E-state index in [-0.39, 0.29) is 17.7 Å². The second-order valence-corrected chi connectivity index (χ2v) is 12.0. The van der Waals surface area contributed by atoms with Gasteiger partial charge in [0.2, 0.25) is 11.8 Å². The smallest absolute Gasteiger partial charge is 0.251 e. The molecule has 216 valence electrons. The molecule has 1 aliphatic carbocycles. The van der Waals surface area contributed by atoms with E-state index in [4.69, 9.17) is 5.73 Å². The number of hydrogen-bond acceptors (Lipinski definition) is 4. The molecule has 3 amide bonds. The first-order valence-electron chi connectivity index (χ1n) is 15.1. The van der Waals surface area contributed by atoms with E-state index in [1.54, 1.807) is 0 Å². The molecule has 3 N–H and O–H groups in total. The van der Waals surface area contributed by atoms with Crippen molar-refractivity contribution in [2.75, 3.05) is 22.9 Å². The van der Waals surface area contributed by atoms with Crippen LogP contribution in [-0.4, -0.2) is 36.9 Å². The minimum atomic E-state index is -0.768. The van der Waals surface area contributed by atoms with Gasteiger partial charge in [0.05, 0.1) is 17.9 Å². The molecule has 1 fully saturated rings. The molecule has 0 bridgehead atoms. The predicted molar refractivity (Wildman–Crippen MR) is 161 cm³/mol. The molecule has 2 aliphatic rings. The second-order valence-electron chi connectivity index (χ2n) is 12.0. The number of nitrogens with one attached hydrogen (secondary N) is 1. The van der Waals surface area contributed by atoms with Crippen molar-refractivity contribution in [3.8, 4) is 0 Å². The maximum atomic E-state index is 14.3. The highest BCUT2D eigenvalue weighted by Crippen LogP contribution is 2.39. The van der Waals surface area contributed by atoms with Gasteiger partial charge in [-0.05, 0) is 55.4 Å². The highest BCUT2D eigenvalue weighted by Gasteiger charge is 2.39. The van der Waals surface area contributed by atoms with Crippen LogP contribution in [0.4, 0.5) is 17.1 Å². The quantitative estimate of drug-likeness (QED) is 0.332. The van der Waals surface area contributed by atoms with Gasteiger partial charge in [0.1, 0.15) is 6.04 Å². The van der Waals surface area contributed by atoms with Gasteiger partial charge in [0, 0.05) is 24.1 Å². The summed E-state index contributed by atoms with van der Waals surface area (Å²) in [6.07, 6.45) is 7.48. The Morgan fingerprint density at radius 1 is 1.00 bits per heavy atom. The van der Waals surface area contributed by atoms with Crippen molar-refractivity contribution in [3.05, 3.63) is 54.6 Å². The van der Waals surface area contributed by atoms with E-state index in [1.807, 2.05) is 73.3 Å². The van der Waals surface area contributed by atoms with Crippen LogP contribution >= 0.6 is 0 Å². The van der Waals surface area contributed by atoms with Gasteiger partial charge >= 0.3 is 0 Å². The molecule has 2 aromatic carbocycles. The number of carbonyl (C=O) groups excluding carboxylic acids is 3. The fourth-order valence-electron chi connectivity index (χ4n) is 6.08. The van der Waals surface area contributed by atoms with E-state index in [0.29, 0.717) is 31.8 Å². The van der Waals surface area contributed by atoms with Crippen molar-refractivity contribution in [2.24, 2.45) is 29.4 Å².